The van der Waals surface area contributed by atoms with E-state index in [-0.39, 0.29) is 6.03 Å². The highest BCUT2D eigenvalue weighted by atomic mass is 16.5. The van der Waals surface area contributed by atoms with E-state index in [0.29, 0.717) is 38.8 Å². The minimum atomic E-state index is -0.811. The maximum absolute atomic E-state index is 12.0. The van der Waals surface area contributed by atoms with E-state index in [1.807, 2.05) is 0 Å². The van der Waals surface area contributed by atoms with E-state index in [1.165, 1.54) is 25.7 Å². The Morgan fingerprint density at radius 2 is 1.82 bits per heavy atom. The van der Waals surface area contributed by atoms with Crippen LogP contribution >= 0.6 is 0 Å². The molecule has 6 nitrogen and oxygen atoms in total. The van der Waals surface area contributed by atoms with Crippen LogP contribution in [0.4, 0.5) is 4.79 Å². The van der Waals surface area contributed by atoms with Gasteiger partial charge in [0.2, 0.25) is 0 Å². The second-order valence-corrected chi connectivity index (χ2v) is 6.34. The van der Waals surface area contributed by atoms with Gasteiger partial charge < -0.3 is 20.1 Å². The van der Waals surface area contributed by atoms with Gasteiger partial charge in [-0.05, 0) is 25.7 Å². The molecule has 1 saturated carbocycles. The molecule has 0 aromatic rings. The number of piperidine rings is 1. The number of carboxylic acid groups (broad SMARTS) is 1. The first-order valence-electron chi connectivity index (χ1n) is 8.54. The van der Waals surface area contributed by atoms with Crippen LogP contribution in [0, 0.1) is 5.92 Å². The summed E-state index contributed by atoms with van der Waals surface area (Å²) in [6.07, 6.45) is 9.08. The molecule has 1 saturated heterocycles. The molecule has 0 bridgehead atoms. The monoisotopic (exact) mass is 312 g/mol. The molecule has 1 aliphatic carbocycles. The zero-order valence-electron chi connectivity index (χ0n) is 13.3. The van der Waals surface area contributed by atoms with Crippen molar-refractivity contribution >= 4 is 12.0 Å². The largest absolute Gasteiger partial charge is 0.481 e. The summed E-state index contributed by atoms with van der Waals surface area (Å²) in [7, 11) is 0. The predicted octanol–water partition coefficient (Wildman–Crippen LogP) is 2.23. The Morgan fingerprint density at radius 1 is 1.09 bits per heavy atom. The van der Waals surface area contributed by atoms with Crippen LogP contribution in [0.25, 0.3) is 0 Å². The minimum Gasteiger partial charge on any atom is -0.481 e. The zero-order valence-corrected chi connectivity index (χ0v) is 13.3. The molecule has 1 unspecified atom stereocenters. The van der Waals surface area contributed by atoms with Gasteiger partial charge in [-0.3, -0.25) is 4.79 Å². The first kappa shape index (κ1) is 17.1. The Labute approximate surface area is 132 Å². The van der Waals surface area contributed by atoms with Crippen LogP contribution in [0.2, 0.25) is 0 Å². The summed E-state index contributed by atoms with van der Waals surface area (Å²) < 4.78 is 5.83. The number of carbonyl (C=O) groups excluding carboxylic acids is 1. The van der Waals surface area contributed by atoms with Crippen LogP contribution in [-0.4, -0.2) is 54.4 Å². The molecule has 0 aromatic carbocycles. The highest BCUT2D eigenvalue weighted by Gasteiger charge is 2.27. The van der Waals surface area contributed by atoms with Gasteiger partial charge in [0.25, 0.3) is 0 Å². The summed E-state index contributed by atoms with van der Waals surface area (Å²) in [4.78, 5) is 24.7. The van der Waals surface area contributed by atoms with E-state index in [9.17, 15) is 9.59 Å². The van der Waals surface area contributed by atoms with E-state index in [0.717, 1.165) is 19.3 Å². The van der Waals surface area contributed by atoms with Crippen LogP contribution in [-0.2, 0) is 9.53 Å². The number of ether oxygens (including phenoxy) is 1. The first-order valence-corrected chi connectivity index (χ1v) is 8.54. The van der Waals surface area contributed by atoms with Gasteiger partial charge in [0, 0.05) is 19.6 Å². The van der Waals surface area contributed by atoms with Crippen molar-refractivity contribution < 1.29 is 19.4 Å². The number of hydrogen-bond donors (Lipinski definition) is 2. The molecule has 0 radical (unpaired) electrons. The van der Waals surface area contributed by atoms with Crippen molar-refractivity contribution in [3.63, 3.8) is 0 Å². The van der Waals surface area contributed by atoms with Crippen molar-refractivity contribution in [2.24, 2.45) is 5.92 Å². The number of nitrogens with one attached hydrogen (secondary N) is 1. The van der Waals surface area contributed by atoms with Gasteiger partial charge in [0.15, 0.2) is 0 Å². The molecule has 2 fully saturated rings. The Hall–Kier alpha value is -1.30. The van der Waals surface area contributed by atoms with E-state index < -0.39 is 11.9 Å². The summed E-state index contributed by atoms with van der Waals surface area (Å²) in [5.41, 5.74) is 0. The fourth-order valence-electron chi connectivity index (χ4n) is 3.27. The smallest absolute Gasteiger partial charge is 0.317 e. The molecule has 0 spiro atoms. The lowest BCUT2D eigenvalue weighted by Gasteiger charge is -2.30. The van der Waals surface area contributed by atoms with Crippen LogP contribution in [0.15, 0.2) is 0 Å². The highest BCUT2D eigenvalue weighted by molar-refractivity contribution is 5.76. The van der Waals surface area contributed by atoms with Gasteiger partial charge in [-0.15, -0.1) is 0 Å². The van der Waals surface area contributed by atoms with Gasteiger partial charge in [0.05, 0.1) is 18.6 Å². The Balaban J connectivity index is 1.61. The molecule has 2 rings (SSSR count). The standard InChI is InChI=1S/C16H28N2O4/c19-15(20)13-6-5-10-18(12-13)16(21)17-9-11-22-14-7-3-1-2-4-8-14/h13-14H,1-12H2,(H,17,21)(H,19,20). The van der Waals surface area contributed by atoms with Gasteiger partial charge in [0.1, 0.15) is 0 Å². The number of hydrogen-bond acceptors (Lipinski definition) is 3. The number of aliphatic carboxylic acids is 1. The number of rotatable bonds is 5. The predicted molar refractivity (Wildman–Crippen MR) is 82.8 cm³/mol. The summed E-state index contributed by atoms with van der Waals surface area (Å²) in [6.45, 7) is 1.97. The Kier molecular flexibility index (Phi) is 6.96. The summed E-state index contributed by atoms with van der Waals surface area (Å²) in [6, 6.07) is -0.171. The van der Waals surface area contributed by atoms with Gasteiger partial charge in [-0.1, -0.05) is 25.7 Å². The second-order valence-electron chi connectivity index (χ2n) is 6.34. The van der Waals surface area contributed by atoms with Crippen LogP contribution in [0.5, 0.6) is 0 Å². The molecule has 126 valence electrons. The third kappa shape index (κ3) is 5.48. The zero-order chi connectivity index (χ0) is 15.8. The van der Waals surface area contributed by atoms with Gasteiger partial charge in [-0.2, -0.15) is 0 Å². The number of amides is 2. The molecule has 0 aromatic heterocycles. The SMILES string of the molecule is O=C(O)C1CCCN(C(=O)NCCOC2CCCCCC2)C1. The molecular formula is C16H28N2O4. The molecule has 2 N–H and O–H groups in total. The van der Waals surface area contributed by atoms with Crippen molar-refractivity contribution in [2.75, 3.05) is 26.2 Å². The molecule has 1 aliphatic heterocycles. The molecule has 1 heterocycles. The van der Waals surface area contributed by atoms with Gasteiger partial charge >= 0.3 is 12.0 Å². The van der Waals surface area contributed by atoms with Crippen molar-refractivity contribution in [1.29, 1.82) is 0 Å². The first-order chi connectivity index (χ1) is 10.7. The lowest BCUT2D eigenvalue weighted by atomic mass is 9.99. The van der Waals surface area contributed by atoms with Crippen molar-refractivity contribution in [1.82, 2.24) is 10.2 Å². The van der Waals surface area contributed by atoms with Crippen molar-refractivity contribution in [2.45, 2.75) is 57.5 Å². The normalized spacial score (nSPS) is 23.8. The van der Waals surface area contributed by atoms with Gasteiger partial charge in [-0.25, -0.2) is 4.79 Å². The van der Waals surface area contributed by atoms with E-state index >= 15 is 0 Å². The number of carboxylic acids is 1. The van der Waals surface area contributed by atoms with E-state index in [4.69, 9.17) is 9.84 Å². The van der Waals surface area contributed by atoms with Crippen LogP contribution in [0.3, 0.4) is 0 Å². The molecule has 22 heavy (non-hydrogen) atoms. The summed E-state index contributed by atoms with van der Waals surface area (Å²) in [5, 5.41) is 11.9. The average molecular weight is 312 g/mol. The van der Waals surface area contributed by atoms with Crippen LogP contribution < -0.4 is 5.32 Å². The fourth-order valence-corrected chi connectivity index (χ4v) is 3.27. The molecule has 2 amide bonds. The number of likely N-dealkylation sites (tertiary alicyclic amines) is 1. The quantitative estimate of drug-likeness (QED) is 0.603. The molecule has 1 atom stereocenters. The lowest BCUT2D eigenvalue weighted by molar-refractivity contribution is -0.143. The Bertz CT molecular complexity index is 367. The lowest BCUT2D eigenvalue weighted by Crippen LogP contribution is -2.47. The maximum Gasteiger partial charge on any atom is 0.317 e. The van der Waals surface area contributed by atoms with Crippen molar-refractivity contribution in [3.8, 4) is 0 Å². The fraction of sp³-hybridized carbons (Fsp3) is 0.875. The van der Waals surface area contributed by atoms with Crippen LogP contribution in [0.1, 0.15) is 51.4 Å². The number of nitrogens with zero attached hydrogens (tertiary/aromatic N) is 1. The summed E-state index contributed by atoms with van der Waals surface area (Å²) >= 11 is 0. The third-order valence-electron chi connectivity index (χ3n) is 4.59. The Morgan fingerprint density at radius 3 is 2.50 bits per heavy atom. The maximum atomic E-state index is 12.0. The van der Waals surface area contributed by atoms with E-state index in [1.54, 1.807) is 4.90 Å². The van der Waals surface area contributed by atoms with E-state index in [2.05, 4.69) is 5.32 Å². The number of carbonyl (C=O) groups is 2. The average Bonchev–Trinajstić information content (AvgIpc) is 2.80. The summed E-state index contributed by atoms with van der Waals surface area (Å²) in [5.74, 6) is -1.24. The topological polar surface area (TPSA) is 78.9 Å². The molecule has 2 aliphatic rings. The molecular weight excluding hydrogens is 284 g/mol. The number of urea groups is 1. The minimum absolute atomic E-state index is 0.171. The third-order valence-corrected chi connectivity index (χ3v) is 4.59. The van der Waals surface area contributed by atoms with Crippen molar-refractivity contribution in [3.05, 3.63) is 0 Å². The second kappa shape index (κ2) is 8.98. The highest BCUT2D eigenvalue weighted by Crippen LogP contribution is 2.19. The molecule has 6 heteroatoms.